The zero-order valence-electron chi connectivity index (χ0n) is 17.1. The van der Waals surface area contributed by atoms with Crippen molar-refractivity contribution in [1.82, 2.24) is 0 Å². The molecule has 158 valence electrons. The average Bonchev–Trinajstić information content (AvgIpc) is 2.63. The molecule has 0 heterocycles. The maximum absolute atomic E-state index is 11.5. The summed E-state index contributed by atoms with van der Waals surface area (Å²) in [6.45, 7) is 4.57. The summed E-state index contributed by atoms with van der Waals surface area (Å²) in [5, 5.41) is 19.5. The standard InChI is InChI=1S/C21H32O7/c1-5-17(24)8-10-19(28-15(3)23)13-18(27-14(2)22)9-6-16-7-11-20(25)21(12-16)26-4/h7,11-12,17-19,24-25H,5-6,8-10,13H2,1-4H3. The van der Waals surface area contributed by atoms with Gasteiger partial charge < -0.3 is 24.4 Å². The number of phenolic OH excluding ortho intramolecular Hbond substituents is 1. The number of ether oxygens (including phenoxy) is 3. The van der Waals surface area contributed by atoms with Crippen molar-refractivity contribution in [3.05, 3.63) is 23.8 Å². The molecule has 0 saturated carbocycles. The van der Waals surface area contributed by atoms with Gasteiger partial charge in [0.2, 0.25) is 0 Å². The van der Waals surface area contributed by atoms with Gasteiger partial charge in [0.25, 0.3) is 0 Å². The number of phenols is 1. The number of rotatable bonds is 12. The summed E-state index contributed by atoms with van der Waals surface area (Å²) in [6.07, 6.45) is 1.82. The molecule has 0 bridgehead atoms. The van der Waals surface area contributed by atoms with Crippen LogP contribution in [0.5, 0.6) is 11.5 Å². The lowest BCUT2D eigenvalue weighted by Gasteiger charge is -2.24. The van der Waals surface area contributed by atoms with Gasteiger partial charge in [-0.3, -0.25) is 9.59 Å². The second-order valence-corrected chi connectivity index (χ2v) is 6.88. The zero-order chi connectivity index (χ0) is 21.1. The summed E-state index contributed by atoms with van der Waals surface area (Å²) in [5.74, 6) is -0.357. The van der Waals surface area contributed by atoms with Gasteiger partial charge in [0.05, 0.1) is 13.2 Å². The minimum atomic E-state index is -0.449. The number of aromatic hydroxyl groups is 1. The minimum absolute atomic E-state index is 0.0622. The molecule has 1 aromatic rings. The molecule has 0 amide bonds. The van der Waals surface area contributed by atoms with Crippen LogP contribution in [-0.2, 0) is 25.5 Å². The Labute approximate surface area is 166 Å². The van der Waals surface area contributed by atoms with E-state index in [-0.39, 0.29) is 5.75 Å². The Morgan fingerprint density at radius 1 is 1.04 bits per heavy atom. The molecule has 0 fully saturated rings. The predicted molar refractivity (Wildman–Crippen MR) is 104 cm³/mol. The highest BCUT2D eigenvalue weighted by Crippen LogP contribution is 2.27. The van der Waals surface area contributed by atoms with Crippen LogP contribution in [0.15, 0.2) is 18.2 Å². The molecule has 0 aromatic heterocycles. The summed E-state index contributed by atoms with van der Waals surface area (Å²) < 4.78 is 15.9. The summed E-state index contributed by atoms with van der Waals surface area (Å²) in [5.41, 5.74) is 0.928. The number of methoxy groups -OCH3 is 1. The Bertz CT molecular complexity index is 629. The highest BCUT2D eigenvalue weighted by Gasteiger charge is 2.22. The first kappa shape index (κ1) is 23.8. The first-order valence-corrected chi connectivity index (χ1v) is 9.63. The lowest BCUT2D eigenvalue weighted by Crippen LogP contribution is -2.27. The summed E-state index contributed by atoms with van der Waals surface area (Å²) in [7, 11) is 1.48. The van der Waals surface area contributed by atoms with Gasteiger partial charge in [-0.1, -0.05) is 13.0 Å². The van der Waals surface area contributed by atoms with E-state index < -0.39 is 30.3 Å². The molecule has 28 heavy (non-hydrogen) atoms. The van der Waals surface area contributed by atoms with Crippen molar-refractivity contribution in [2.75, 3.05) is 7.11 Å². The van der Waals surface area contributed by atoms with Crippen molar-refractivity contribution in [2.24, 2.45) is 0 Å². The third kappa shape index (κ3) is 9.08. The molecule has 7 heteroatoms. The lowest BCUT2D eigenvalue weighted by atomic mass is 9.98. The number of carbonyl (C=O) groups excluding carboxylic acids is 2. The Balaban J connectivity index is 2.77. The SMILES string of the molecule is CCC(O)CCC(CC(CCc1ccc(O)c(OC)c1)OC(C)=O)OC(C)=O. The van der Waals surface area contributed by atoms with E-state index in [4.69, 9.17) is 14.2 Å². The number of benzene rings is 1. The fraction of sp³-hybridized carbons (Fsp3) is 0.619. The van der Waals surface area contributed by atoms with Gasteiger partial charge >= 0.3 is 11.9 Å². The van der Waals surface area contributed by atoms with Crippen LogP contribution < -0.4 is 4.74 Å². The quantitative estimate of drug-likeness (QED) is 0.523. The molecule has 0 spiro atoms. The smallest absolute Gasteiger partial charge is 0.302 e. The van der Waals surface area contributed by atoms with Crippen LogP contribution in [0.2, 0.25) is 0 Å². The second-order valence-electron chi connectivity index (χ2n) is 6.88. The van der Waals surface area contributed by atoms with Crippen molar-refractivity contribution < 1.29 is 34.0 Å². The number of aliphatic hydroxyl groups excluding tert-OH is 1. The van der Waals surface area contributed by atoms with Crippen molar-refractivity contribution >= 4 is 11.9 Å². The van der Waals surface area contributed by atoms with Crippen LogP contribution >= 0.6 is 0 Å². The molecule has 0 aliphatic heterocycles. The summed E-state index contributed by atoms with van der Waals surface area (Å²) in [4.78, 5) is 22.9. The van der Waals surface area contributed by atoms with E-state index in [1.807, 2.05) is 6.92 Å². The van der Waals surface area contributed by atoms with E-state index in [2.05, 4.69) is 0 Å². The van der Waals surface area contributed by atoms with E-state index in [1.54, 1.807) is 18.2 Å². The fourth-order valence-corrected chi connectivity index (χ4v) is 3.00. The van der Waals surface area contributed by atoms with Gasteiger partial charge in [0.1, 0.15) is 12.2 Å². The van der Waals surface area contributed by atoms with E-state index in [1.165, 1.54) is 21.0 Å². The van der Waals surface area contributed by atoms with Gasteiger partial charge in [0, 0.05) is 20.3 Å². The first-order chi connectivity index (χ1) is 13.2. The van der Waals surface area contributed by atoms with Gasteiger partial charge in [-0.2, -0.15) is 0 Å². The van der Waals surface area contributed by atoms with E-state index in [0.29, 0.717) is 44.3 Å². The molecule has 0 radical (unpaired) electrons. The Hall–Kier alpha value is -2.28. The molecule has 1 aromatic carbocycles. The third-order valence-electron chi connectivity index (χ3n) is 4.48. The van der Waals surface area contributed by atoms with Crippen LogP contribution in [0, 0.1) is 0 Å². The molecule has 3 atom stereocenters. The normalized spacial score (nSPS) is 14.0. The van der Waals surface area contributed by atoms with Crippen LogP contribution in [0.1, 0.15) is 58.4 Å². The number of aryl methyl sites for hydroxylation is 1. The fourth-order valence-electron chi connectivity index (χ4n) is 3.00. The van der Waals surface area contributed by atoms with Gasteiger partial charge in [0.15, 0.2) is 11.5 Å². The average molecular weight is 396 g/mol. The first-order valence-electron chi connectivity index (χ1n) is 9.63. The van der Waals surface area contributed by atoms with Crippen LogP contribution in [0.4, 0.5) is 0 Å². The van der Waals surface area contributed by atoms with E-state index in [0.717, 1.165) is 5.56 Å². The van der Waals surface area contributed by atoms with Crippen LogP contribution in [0.3, 0.4) is 0 Å². The van der Waals surface area contributed by atoms with Gasteiger partial charge in [-0.15, -0.1) is 0 Å². The summed E-state index contributed by atoms with van der Waals surface area (Å²) in [6, 6.07) is 5.08. The maximum Gasteiger partial charge on any atom is 0.302 e. The monoisotopic (exact) mass is 396 g/mol. The minimum Gasteiger partial charge on any atom is -0.504 e. The van der Waals surface area contributed by atoms with E-state index in [9.17, 15) is 19.8 Å². The van der Waals surface area contributed by atoms with Crippen molar-refractivity contribution in [3.8, 4) is 11.5 Å². The van der Waals surface area contributed by atoms with Crippen molar-refractivity contribution in [3.63, 3.8) is 0 Å². The molecule has 3 unspecified atom stereocenters. The number of esters is 2. The number of carbonyl (C=O) groups is 2. The second kappa shape index (κ2) is 12.2. The highest BCUT2D eigenvalue weighted by molar-refractivity contribution is 5.66. The van der Waals surface area contributed by atoms with Crippen LogP contribution in [-0.4, -0.2) is 47.6 Å². The van der Waals surface area contributed by atoms with Crippen LogP contribution in [0.25, 0.3) is 0 Å². The Kier molecular flexibility index (Phi) is 10.4. The zero-order valence-corrected chi connectivity index (χ0v) is 17.1. The Morgan fingerprint density at radius 3 is 2.18 bits per heavy atom. The summed E-state index contributed by atoms with van der Waals surface area (Å²) >= 11 is 0. The molecular formula is C21H32O7. The molecule has 0 aliphatic rings. The topological polar surface area (TPSA) is 102 Å². The van der Waals surface area contributed by atoms with Gasteiger partial charge in [-0.25, -0.2) is 0 Å². The lowest BCUT2D eigenvalue weighted by molar-refractivity contribution is -0.153. The molecule has 7 nitrogen and oxygen atoms in total. The van der Waals surface area contributed by atoms with Crippen molar-refractivity contribution in [1.29, 1.82) is 0 Å². The third-order valence-corrected chi connectivity index (χ3v) is 4.48. The number of hydrogen-bond donors (Lipinski definition) is 2. The molecular weight excluding hydrogens is 364 g/mol. The maximum atomic E-state index is 11.5. The van der Waals surface area contributed by atoms with Gasteiger partial charge in [-0.05, 0) is 49.8 Å². The largest absolute Gasteiger partial charge is 0.504 e. The molecule has 2 N–H and O–H groups in total. The highest BCUT2D eigenvalue weighted by atomic mass is 16.6. The van der Waals surface area contributed by atoms with Crippen molar-refractivity contribution in [2.45, 2.75) is 77.6 Å². The Morgan fingerprint density at radius 2 is 1.64 bits per heavy atom. The predicted octanol–water partition coefficient (Wildman–Crippen LogP) is 3.14. The van der Waals surface area contributed by atoms with E-state index >= 15 is 0 Å². The molecule has 0 saturated heterocycles. The number of aliphatic hydroxyl groups is 1. The number of hydrogen-bond acceptors (Lipinski definition) is 7. The molecule has 0 aliphatic carbocycles. The molecule has 1 rings (SSSR count).